The molecule has 0 atom stereocenters. The van der Waals surface area contributed by atoms with E-state index in [0.29, 0.717) is 5.82 Å². The van der Waals surface area contributed by atoms with Gasteiger partial charge in [0.25, 0.3) is 0 Å². The van der Waals surface area contributed by atoms with Gasteiger partial charge in [-0.25, -0.2) is 9.78 Å². The number of carboxylic acid groups (broad SMARTS) is 1. The van der Waals surface area contributed by atoms with Crippen molar-refractivity contribution in [1.82, 2.24) is 14.8 Å². The highest BCUT2D eigenvalue weighted by molar-refractivity contribution is 5.98. The van der Waals surface area contributed by atoms with Gasteiger partial charge >= 0.3 is 5.97 Å². The summed E-state index contributed by atoms with van der Waals surface area (Å²) >= 11 is 0. The van der Waals surface area contributed by atoms with Crippen molar-refractivity contribution in [2.75, 3.05) is 18.0 Å². The molecule has 3 rings (SSSR count). The average molecular weight is 260 g/mol. The van der Waals surface area contributed by atoms with Gasteiger partial charge in [0, 0.05) is 25.5 Å². The van der Waals surface area contributed by atoms with Crippen LogP contribution in [0, 0.1) is 6.92 Å². The Morgan fingerprint density at radius 1 is 1.37 bits per heavy atom. The molecule has 1 fully saturated rings. The van der Waals surface area contributed by atoms with Gasteiger partial charge in [0.1, 0.15) is 11.4 Å². The number of nitrogens with zero attached hydrogens (tertiary/aromatic N) is 4. The first-order chi connectivity index (χ1) is 9.08. The van der Waals surface area contributed by atoms with Crippen LogP contribution in [0.4, 0.5) is 5.82 Å². The van der Waals surface area contributed by atoms with Gasteiger partial charge in [-0.05, 0) is 25.8 Å². The molecule has 0 saturated carbocycles. The van der Waals surface area contributed by atoms with Crippen molar-refractivity contribution in [3.8, 4) is 0 Å². The molecule has 2 aromatic rings. The summed E-state index contributed by atoms with van der Waals surface area (Å²) in [6.07, 6.45) is 2.17. The Balaban J connectivity index is 2.25. The number of aromatic carboxylic acids is 1. The summed E-state index contributed by atoms with van der Waals surface area (Å²) in [4.78, 5) is 18.0. The Bertz CT molecular complexity index is 656. The predicted octanol–water partition coefficient (Wildman–Crippen LogP) is 1.58. The van der Waals surface area contributed by atoms with Crippen molar-refractivity contribution in [2.24, 2.45) is 7.05 Å². The fourth-order valence-corrected chi connectivity index (χ4v) is 2.66. The fraction of sp³-hybridized carbons (Fsp3) is 0.462. The molecule has 0 aliphatic carbocycles. The summed E-state index contributed by atoms with van der Waals surface area (Å²) in [7, 11) is 1.83. The van der Waals surface area contributed by atoms with E-state index in [2.05, 4.69) is 10.1 Å². The SMILES string of the molecule is Cc1nn(C)c2nc(N3CCCC3)c(C(=O)O)cc12. The lowest BCUT2D eigenvalue weighted by molar-refractivity contribution is 0.0697. The number of hydrogen-bond donors (Lipinski definition) is 1. The number of rotatable bonds is 2. The summed E-state index contributed by atoms with van der Waals surface area (Å²) in [5.74, 6) is -0.361. The second-order valence-corrected chi connectivity index (χ2v) is 4.94. The monoisotopic (exact) mass is 260 g/mol. The van der Waals surface area contributed by atoms with Crippen LogP contribution < -0.4 is 4.90 Å². The first kappa shape index (κ1) is 12.0. The van der Waals surface area contributed by atoms with Gasteiger partial charge in [0.05, 0.1) is 5.69 Å². The Morgan fingerprint density at radius 2 is 2.05 bits per heavy atom. The molecular formula is C13H16N4O2. The number of aromatic nitrogens is 3. The summed E-state index contributed by atoms with van der Waals surface area (Å²) in [5.41, 5.74) is 1.82. The van der Waals surface area contributed by atoms with Gasteiger partial charge in [-0.15, -0.1) is 0 Å². The average Bonchev–Trinajstić information content (AvgIpc) is 2.98. The molecule has 0 bridgehead atoms. The molecule has 6 heteroatoms. The molecule has 100 valence electrons. The molecule has 1 N–H and O–H groups in total. The van der Waals surface area contributed by atoms with Gasteiger partial charge in [-0.1, -0.05) is 0 Å². The Kier molecular flexibility index (Phi) is 2.66. The van der Waals surface area contributed by atoms with Gasteiger partial charge in [0.2, 0.25) is 0 Å². The van der Waals surface area contributed by atoms with E-state index in [-0.39, 0.29) is 5.56 Å². The van der Waals surface area contributed by atoms with E-state index in [1.807, 2.05) is 18.9 Å². The van der Waals surface area contributed by atoms with Gasteiger partial charge in [0.15, 0.2) is 5.65 Å². The zero-order chi connectivity index (χ0) is 13.6. The second-order valence-electron chi connectivity index (χ2n) is 4.94. The molecule has 0 aromatic carbocycles. The highest BCUT2D eigenvalue weighted by Gasteiger charge is 2.23. The van der Waals surface area contributed by atoms with Crippen LogP contribution in [-0.4, -0.2) is 38.9 Å². The van der Waals surface area contributed by atoms with E-state index in [1.165, 1.54) is 0 Å². The second kappa shape index (κ2) is 4.22. The van der Waals surface area contributed by atoms with Gasteiger partial charge < -0.3 is 10.0 Å². The number of aryl methyl sites for hydroxylation is 2. The summed E-state index contributed by atoms with van der Waals surface area (Å²) < 4.78 is 1.70. The quantitative estimate of drug-likeness (QED) is 0.887. The molecule has 1 aliphatic heterocycles. The molecule has 0 amide bonds. The van der Waals surface area contributed by atoms with E-state index >= 15 is 0 Å². The van der Waals surface area contributed by atoms with Crippen molar-refractivity contribution in [3.05, 3.63) is 17.3 Å². The predicted molar refractivity (Wildman–Crippen MR) is 71.7 cm³/mol. The highest BCUT2D eigenvalue weighted by atomic mass is 16.4. The molecule has 19 heavy (non-hydrogen) atoms. The van der Waals surface area contributed by atoms with Gasteiger partial charge in [-0.2, -0.15) is 5.10 Å². The van der Waals surface area contributed by atoms with E-state index in [1.54, 1.807) is 10.7 Å². The number of anilines is 1. The van der Waals surface area contributed by atoms with Crippen LogP contribution in [0.1, 0.15) is 28.9 Å². The Labute approximate surface area is 110 Å². The minimum absolute atomic E-state index is 0.269. The van der Waals surface area contributed by atoms with E-state index < -0.39 is 5.97 Å². The zero-order valence-corrected chi connectivity index (χ0v) is 11.1. The lowest BCUT2D eigenvalue weighted by Gasteiger charge is -2.18. The number of carboxylic acids is 1. The van der Waals surface area contributed by atoms with Crippen molar-refractivity contribution in [2.45, 2.75) is 19.8 Å². The third-order valence-corrected chi connectivity index (χ3v) is 3.61. The number of pyridine rings is 1. The van der Waals surface area contributed by atoms with Crippen LogP contribution in [0.5, 0.6) is 0 Å². The summed E-state index contributed by atoms with van der Waals surface area (Å²) in [6, 6.07) is 1.70. The van der Waals surface area contributed by atoms with E-state index in [9.17, 15) is 9.90 Å². The van der Waals surface area contributed by atoms with Crippen molar-refractivity contribution in [3.63, 3.8) is 0 Å². The number of fused-ring (bicyclic) bond motifs is 1. The molecule has 6 nitrogen and oxygen atoms in total. The van der Waals surface area contributed by atoms with E-state index in [4.69, 9.17) is 0 Å². The van der Waals surface area contributed by atoms with Crippen LogP contribution in [0.2, 0.25) is 0 Å². The minimum Gasteiger partial charge on any atom is -0.478 e. The first-order valence-electron chi connectivity index (χ1n) is 6.40. The number of hydrogen-bond acceptors (Lipinski definition) is 4. The third kappa shape index (κ3) is 1.83. The topological polar surface area (TPSA) is 71.2 Å². The Morgan fingerprint density at radius 3 is 2.68 bits per heavy atom. The van der Waals surface area contributed by atoms with Crippen LogP contribution in [0.3, 0.4) is 0 Å². The van der Waals surface area contributed by atoms with Crippen LogP contribution in [-0.2, 0) is 7.05 Å². The number of carbonyl (C=O) groups is 1. The maximum absolute atomic E-state index is 11.4. The van der Waals surface area contributed by atoms with E-state index in [0.717, 1.165) is 42.7 Å². The highest BCUT2D eigenvalue weighted by Crippen LogP contribution is 2.27. The first-order valence-corrected chi connectivity index (χ1v) is 6.40. The van der Waals surface area contributed by atoms with Crippen LogP contribution in [0.25, 0.3) is 11.0 Å². The molecule has 0 unspecified atom stereocenters. The van der Waals surface area contributed by atoms with Crippen molar-refractivity contribution < 1.29 is 9.90 Å². The third-order valence-electron chi connectivity index (χ3n) is 3.61. The van der Waals surface area contributed by atoms with Crippen molar-refractivity contribution >= 4 is 22.8 Å². The molecule has 2 aromatic heterocycles. The largest absolute Gasteiger partial charge is 0.478 e. The fourth-order valence-electron chi connectivity index (χ4n) is 2.66. The molecule has 0 spiro atoms. The smallest absolute Gasteiger partial charge is 0.339 e. The normalized spacial score (nSPS) is 15.4. The van der Waals surface area contributed by atoms with Crippen LogP contribution in [0.15, 0.2) is 6.07 Å². The maximum Gasteiger partial charge on any atom is 0.339 e. The molecular weight excluding hydrogens is 244 g/mol. The molecule has 1 saturated heterocycles. The molecule has 1 aliphatic rings. The van der Waals surface area contributed by atoms with Crippen LogP contribution >= 0.6 is 0 Å². The van der Waals surface area contributed by atoms with Gasteiger partial charge in [-0.3, -0.25) is 4.68 Å². The maximum atomic E-state index is 11.4. The van der Waals surface area contributed by atoms with Crippen molar-refractivity contribution in [1.29, 1.82) is 0 Å². The lowest BCUT2D eigenvalue weighted by Crippen LogP contribution is -2.22. The summed E-state index contributed by atoms with van der Waals surface area (Å²) in [5, 5.41) is 14.5. The summed E-state index contributed by atoms with van der Waals surface area (Å²) in [6.45, 7) is 3.61. The Hall–Kier alpha value is -2.11. The lowest BCUT2D eigenvalue weighted by atomic mass is 10.2. The molecule has 0 radical (unpaired) electrons. The standard InChI is InChI=1S/C13H16N4O2/c1-8-9-7-10(13(18)19)12(17-5-3-4-6-17)14-11(9)16(2)15-8/h7H,3-6H2,1-2H3,(H,18,19). The molecule has 3 heterocycles. The minimum atomic E-state index is -0.931. The zero-order valence-electron chi connectivity index (χ0n) is 11.1.